The highest BCUT2D eigenvalue weighted by atomic mass is 35.5. The van der Waals surface area contributed by atoms with Gasteiger partial charge in [-0.1, -0.05) is 26.7 Å². The zero-order chi connectivity index (χ0) is 6.91. The Kier molecular flexibility index (Phi) is 3.68. The van der Waals surface area contributed by atoms with Crippen LogP contribution in [-0.4, -0.2) is 11.2 Å². The van der Waals surface area contributed by atoms with Gasteiger partial charge in [0.25, 0.3) is 0 Å². The van der Waals surface area contributed by atoms with Crippen LogP contribution in [0.3, 0.4) is 0 Å². The predicted molar refractivity (Wildman–Crippen MR) is 45.5 cm³/mol. The van der Waals surface area contributed by atoms with Crippen molar-refractivity contribution in [2.45, 2.75) is 45.6 Å². The van der Waals surface area contributed by atoms with Gasteiger partial charge in [0.2, 0.25) is 0 Å². The molecule has 0 aromatic heterocycles. The first-order valence-corrected chi connectivity index (χ1v) is 3.81. The summed E-state index contributed by atoms with van der Waals surface area (Å²) in [6.45, 7) is 4.30. The van der Waals surface area contributed by atoms with Gasteiger partial charge in [0, 0.05) is 0 Å². The summed E-state index contributed by atoms with van der Waals surface area (Å²) in [5.41, 5.74) is 0.193. The molecule has 0 spiro atoms. The number of hydrogen-bond donors (Lipinski definition) is 1. The first-order chi connectivity index (χ1) is 4.13. The van der Waals surface area contributed by atoms with Gasteiger partial charge in [0.05, 0.1) is 6.10 Å². The lowest BCUT2D eigenvalue weighted by atomic mass is 9.75. The van der Waals surface area contributed by atoms with E-state index >= 15 is 0 Å². The summed E-state index contributed by atoms with van der Waals surface area (Å²) < 4.78 is 0. The van der Waals surface area contributed by atoms with Gasteiger partial charge in [-0.15, -0.1) is 12.4 Å². The highest BCUT2D eigenvalue weighted by Crippen LogP contribution is 2.34. The molecule has 1 N–H and O–H groups in total. The van der Waals surface area contributed by atoms with Crippen molar-refractivity contribution in [1.29, 1.82) is 0 Å². The van der Waals surface area contributed by atoms with Crippen LogP contribution in [0.25, 0.3) is 0 Å². The summed E-state index contributed by atoms with van der Waals surface area (Å²) >= 11 is 0. The molecule has 0 aliphatic heterocycles. The first kappa shape index (κ1) is 10.2. The standard InChI is InChI=1S/C8H16O.ClH/c1-8(2)6-4-3-5-7(8)9;/h7,9H,3-6H2,1-2H3;1H. The van der Waals surface area contributed by atoms with Crippen molar-refractivity contribution in [2.24, 2.45) is 5.41 Å². The largest absolute Gasteiger partial charge is 0.393 e. The van der Waals surface area contributed by atoms with E-state index in [0.29, 0.717) is 0 Å². The molecule has 62 valence electrons. The van der Waals surface area contributed by atoms with Crippen molar-refractivity contribution in [3.05, 3.63) is 0 Å². The fourth-order valence-electron chi connectivity index (χ4n) is 1.48. The molecular weight excluding hydrogens is 148 g/mol. The molecule has 0 bridgehead atoms. The van der Waals surface area contributed by atoms with Gasteiger partial charge in [-0.2, -0.15) is 0 Å². The van der Waals surface area contributed by atoms with Gasteiger partial charge in [0.15, 0.2) is 0 Å². The number of halogens is 1. The van der Waals surface area contributed by atoms with Crippen molar-refractivity contribution in [1.82, 2.24) is 0 Å². The molecule has 1 aliphatic rings. The van der Waals surface area contributed by atoms with Gasteiger partial charge in [-0.3, -0.25) is 0 Å². The van der Waals surface area contributed by atoms with Gasteiger partial charge in [0.1, 0.15) is 0 Å². The van der Waals surface area contributed by atoms with E-state index in [1.165, 1.54) is 19.3 Å². The molecule has 2 heteroatoms. The summed E-state index contributed by atoms with van der Waals surface area (Å²) in [6.07, 6.45) is 4.65. The van der Waals surface area contributed by atoms with Crippen LogP contribution in [0.1, 0.15) is 39.5 Å². The van der Waals surface area contributed by atoms with Crippen LogP contribution in [0, 0.1) is 5.41 Å². The average Bonchev–Trinajstić information content (AvgIpc) is 1.77. The molecule has 0 saturated heterocycles. The Labute approximate surface area is 69.2 Å². The lowest BCUT2D eigenvalue weighted by molar-refractivity contribution is 0.0135. The van der Waals surface area contributed by atoms with E-state index in [0.717, 1.165) is 6.42 Å². The molecule has 1 rings (SSSR count). The Morgan fingerprint density at radius 2 is 1.90 bits per heavy atom. The molecular formula is C8H17ClO. The van der Waals surface area contributed by atoms with Crippen molar-refractivity contribution >= 4 is 12.4 Å². The molecule has 1 unspecified atom stereocenters. The SMILES string of the molecule is CC1(C)CCCCC1O.Cl. The van der Waals surface area contributed by atoms with Crippen molar-refractivity contribution < 1.29 is 5.11 Å². The molecule has 10 heavy (non-hydrogen) atoms. The maximum absolute atomic E-state index is 9.44. The van der Waals surface area contributed by atoms with Crippen molar-refractivity contribution in [3.63, 3.8) is 0 Å². The van der Waals surface area contributed by atoms with Crippen molar-refractivity contribution in [2.75, 3.05) is 0 Å². The van der Waals surface area contributed by atoms with Crippen LogP contribution in [0.2, 0.25) is 0 Å². The van der Waals surface area contributed by atoms with Gasteiger partial charge < -0.3 is 5.11 Å². The topological polar surface area (TPSA) is 20.2 Å². The summed E-state index contributed by atoms with van der Waals surface area (Å²) in [4.78, 5) is 0. The monoisotopic (exact) mass is 164 g/mol. The minimum Gasteiger partial charge on any atom is -0.393 e. The summed E-state index contributed by atoms with van der Waals surface area (Å²) in [5.74, 6) is 0. The van der Waals surface area contributed by atoms with E-state index in [2.05, 4.69) is 13.8 Å². The van der Waals surface area contributed by atoms with Crippen LogP contribution >= 0.6 is 12.4 Å². The molecule has 1 saturated carbocycles. The second kappa shape index (κ2) is 3.59. The quantitative estimate of drug-likeness (QED) is 0.583. The lowest BCUT2D eigenvalue weighted by Crippen LogP contribution is -2.32. The van der Waals surface area contributed by atoms with E-state index < -0.39 is 0 Å². The maximum atomic E-state index is 9.44. The molecule has 0 heterocycles. The smallest absolute Gasteiger partial charge is 0.0591 e. The summed E-state index contributed by atoms with van der Waals surface area (Å²) in [5, 5.41) is 9.44. The number of aliphatic hydroxyl groups excluding tert-OH is 1. The predicted octanol–water partition coefficient (Wildman–Crippen LogP) is 2.37. The highest BCUT2D eigenvalue weighted by Gasteiger charge is 2.29. The van der Waals surface area contributed by atoms with E-state index in [1.54, 1.807) is 0 Å². The minimum absolute atomic E-state index is 0. The second-order valence-electron chi connectivity index (χ2n) is 3.75. The molecule has 1 fully saturated rings. The van der Waals surface area contributed by atoms with E-state index in [9.17, 15) is 5.11 Å². The summed E-state index contributed by atoms with van der Waals surface area (Å²) in [7, 11) is 0. The number of aliphatic hydroxyl groups is 1. The van der Waals surface area contributed by atoms with Gasteiger partial charge >= 0.3 is 0 Å². The molecule has 0 aromatic carbocycles. The third kappa shape index (κ3) is 2.14. The molecule has 0 amide bonds. The van der Waals surface area contributed by atoms with E-state index in [1.807, 2.05) is 0 Å². The highest BCUT2D eigenvalue weighted by molar-refractivity contribution is 5.85. The average molecular weight is 165 g/mol. The zero-order valence-corrected chi connectivity index (χ0v) is 7.58. The minimum atomic E-state index is -0.0498. The van der Waals surface area contributed by atoms with Crippen LogP contribution in [0.15, 0.2) is 0 Å². The fraction of sp³-hybridized carbons (Fsp3) is 1.00. The molecule has 1 aliphatic carbocycles. The third-order valence-corrected chi connectivity index (χ3v) is 2.45. The zero-order valence-electron chi connectivity index (χ0n) is 6.76. The lowest BCUT2D eigenvalue weighted by Gasteiger charge is -2.34. The normalized spacial score (nSPS) is 30.9. The van der Waals surface area contributed by atoms with Crippen LogP contribution in [0.5, 0.6) is 0 Å². The Hall–Kier alpha value is 0.250. The Balaban J connectivity index is 0.000000810. The third-order valence-electron chi connectivity index (χ3n) is 2.45. The first-order valence-electron chi connectivity index (χ1n) is 3.81. The van der Waals surface area contributed by atoms with Crippen LogP contribution < -0.4 is 0 Å². The molecule has 1 atom stereocenters. The Morgan fingerprint density at radius 3 is 2.20 bits per heavy atom. The number of rotatable bonds is 0. The number of hydrogen-bond acceptors (Lipinski definition) is 1. The Bertz CT molecular complexity index is 101. The Morgan fingerprint density at radius 1 is 1.30 bits per heavy atom. The molecule has 1 nitrogen and oxygen atoms in total. The van der Waals surface area contributed by atoms with Crippen LogP contribution in [-0.2, 0) is 0 Å². The molecule has 0 aromatic rings. The van der Waals surface area contributed by atoms with Crippen LogP contribution in [0.4, 0.5) is 0 Å². The molecule has 0 radical (unpaired) electrons. The van der Waals surface area contributed by atoms with Gasteiger partial charge in [-0.05, 0) is 18.3 Å². The van der Waals surface area contributed by atoms with E-state index in [4.69, 9.17) is 0 Å². The maximum Gasteiger partial charge on any atom is 0.0591 e. The van der Waals surface area contributed by atoms with Gasteiger partial charge in [-0.25, -0.2) is 0 Å². The second-order valence-corrected chi connectivity index (χ2v) is 3.75. The fourth-order valence-corrected chi connectivity index (χ4v) is 1.48. The van der Waals surface area contributed by atoms with E-state index in [-0.39, 0.29) is 23.9 Å². The summed E-state index contributed by atoms with van der Waals surface area (Å²) in [6, 6.07) is 0. The van der Waals surface area contributed by atoms with Crippen molar-refractivity contribution in [3.8, 4) is 0 Å².